The van der Waals surface area contributed by atoms with E-state index in [1.807, 2.05) is 0 Å². The van der Waals surface area contributed by atoms with Gasteiger partial charge in [-0.3, -0.25) is 0 Å². The fourth-order valence-electron chi connectivity index (χ4n) is 0.704. The number of halogens is 2. The van der Waals surface area contributed by atoms with Crippen LogP contribution in [-0.2, 0) is 10.8 Å². The second-order valence-electron chi connectivity index (χ2n) is 2.02. The zero-order valence-electron chi connectivity index (χ0n) is 5.55. The van der Waals surface area contributed by atoms with Crippen LogP contribution in [0.4, 0.5) is 4.39 Å². The zero-order chi connectivity index (χ0) is 8.27. The van der Waals surface area contributed by atoms with Crippen molar-refractivity contribution in [2.24, 2.45) is 0 Å². The van der Waals surface area contributed by atoms with E-state index in [4.69, 9.17) is 0 Å². The molecule has 1 aromatic carbocycles. The fourth-order valence-corrected chi connectivity index (χ4v) is 1.28. The van der Waals surface area contributed by atoms with Gasteiger partial charge in [-0.05, 0) is 46.5 Å². The predicted molar refractivity (Wildman–Crippen MR) is 47.9 cm³/mol. The SMILES string of the molecule is Fc1ccc(COS)cc1Br. The number of hydrogen-bond acceptors (Lipinski definition) is 2. The summed E-state index contributed by atoms with van der Waals surface area (Å²) in [4.78, 5) is 0. The lowest BCUT2D eigenvalue weighted by Gasteiger charge is -1.99. The summed E-state index contributed by atoms with van der Waals surface area (Å²) in [6, 6.07) is 4.69. The topological polar surface area (TPSA) is 9.23 Å². The molecule has 0 radical (unpaired) electrons. The van der Waals surface area contributed by atoms with Crippen LogP contribution in [0, 0.1) is 5.82 Å². The normalized spacial score (nSPS) is 10.1. The Bertz CT molecular complexity index is 254. The van der Waals surface area contributed by atoms with Crippen molar-refractivity contribution >= 4 is 28.8 Å². The smallest absolute Gasteiger partial charge is 0.137 e. The molecule has 0 saturated carbocycles. The van der Waals surface area contributed by atoms with Crippen molar-refractivity contribution in [2.75, 3.05) is 0 Å². The molecule has 0 aliphatic rings. The molecule has 0 N–H and O–H groups in total. The first-order valence-corrected chi connectivity index (χ1v) is 4.10. The maximum absolute atomic E-state index is 12.6. The molecule has 0 heterocycles. The van der Waals surface area contributed by atoms with E-state index < -0.39 is 0 Å². The van der Waals surface area contributed by atoms with E-state index in [1.54, 1.807) is 12.1 Å². The van der Waals surface area contributed by atoms with Gasteiger partial charge in [-0.15, -0.1) is 0 Å². The molecule has 0 atom stereocenters. The van der Waals surface area contributed by atoms with E-state index in [-0.39, 0.29) is 5.82 Å². The van der Waals surface area contributed by atoms with Crippen molar-refractivity contribution in [1.29, 1.82) is 0 Å². The molecule has 1 aromatic rings. The lowest BCUT2D eigenvalue weighted by Crippen LogP contribution is -1.85. The van der Waals surface area contributed by atoms with Gasteiger partial charge in [0, 0.05) is 0 Å². The molecular weight excluding hydrogens is 231 g/mol. The summed E-state index contributed by atoms with van der Waals surface area (Å²) in [5.41, 5.74) is 0.883. The van der Waals surface area contributed by atoms with Gasteiger partial charge in [0.15, 0.2) is 0 Å². The second kappa shape index (κ2) is 4.09. The summed E-state index contributed by atoms with van der Waals surface area (Å²) >= 11 is 6.64. The molecule has 1 nitrogen and oxygen atoms in total. The second-order valence-corrected chi connectivity index (χ2v) is 3.13. The van der Waals surface area contributed by atoms with E-state index in [0.29, 0.717) is 11.1 Å². The monoisotopic (exact) mass is 236 g/mol. The van der Waals surface area contributed by atoms with E-state index in [1.165, 1.54) is 6.07 Å². The molecule has 0 aliphatic heterocycles. The molecule has 0 spiro atoms. The van der Waals surface area contributed by atoms with Gasteiger partial charge in [-0.1, -0.05) is 6.07 Å². The summed E-state index contributed by atoms with van der Waals surface area (Å²) in [7, 11) is 0. The molecule has 11 heavy (non-hydrogen) atoms. The third-order valence-electron chi connectivity index (χ3n) is 1.22. The van der Waals surface area contributed by atoms with Crippen LogP contribution in [0.2, 0.25) is 0 Å². The molecular formula is C7H6BrFOS. The minimum Gasteiger partial charge on any atom is -0.314 e. The Hall–Kier alpha value is -0.0600. The number of rotatable bonds is 2. The van der Waals surface area contributed by atoms with Gasteiger partial charge in [0.2, 0.25) is 0 Å². The largest absolute Gasteiger partial charge is 0.314 e. The molecule has 0 saturated heterocycles. The summed E-state index contributed by atoms with van der Waals surface area (Å²) in [5.74, 6) is -0.270. The van der Waals surface area contributed by atoms with Crippen molar-refractivity contribution in [3.8, 4) is 0 Å². The Morgan fingerprint density at radius 1 is 1.55 bits per heavy atom. The third kappa shape index (κ3) is 2.47. The van der Waals surface area contributed by atoms with Crippen LogP contribution in [0.15, 0.2) is 22.7 Å². The van der Waals surface area contributed by atoms with Crippen LogP contribution in [0.25, 0.3) is 0 Å². The number of hydrogen-bond donors (Lipinski definition) is 1. The van der Waals surface area contributed by atoms with Crippen LogP contribution in [0.1, 0.15) is 5.56 Å². The standard InChI is InChI=1S/C7H6BrFOS/c8-6-3-5(4-10-11)1-2-7(6)9/h1-3,11H,4H2. The molecule has 0 amide bonds. The Kier molecular flexibility index (Phi) is 3.36. The van der Waals surface area contributed by atoms with Crippen LogP contribution in [0.3, 0.4) is 0 Å². The van der Waals surface area contributed by atoms with Gasteiger partial charge >= 0.3 is 0 Å². The van der Waals surface area contributed by atoms with E-state index in [2.05, 4.69) is 33.0 Å². The summed E-state index contributed by atoms with van der Waals surface area (Å²) in [5, 5.41) is 0. The highest BCUT2D eigenvalue weighted by Gasteiger charge is 1.99. The molecule has 60 valence electrons. The first kappa shape index (κ1) is 9.03. The number of thiol groups is 1. The summed E-state index contributed by atoms with van der Waals surface area (Å²) < 4.78 is 17.7. The van der Waals surface area contributed by atoms with Gasteiger partial charge in [0.1, 0.15) is 5.82 Å². The predicted octanol–water partition coefficient (Wildman–Crippen LogP) is 2.95. The fraction of sp³-hybridized carbons (Fsp3) is 0.143. The Labute approximate surface area is 78.3 Å². The molecule has 1 rings (SSSR count). The third-order valence-corrected chi connectivity index (χ3v) is 1.95. The van der Waals surface area contributed by atoms with Crippen LogP contribution in [-0.4, -0.2) is 0 Å². The van der Waals surface area contributed by atoms with Crippen LogP contribution < -0.4 is 0 Å². The zero-order valence-corrected chi connectivity index (χ0v) is 8.03. The maximum atomic E-state index is 12.6. The van der Waals surface area contributed by atoms with Gasteiger partial charge in [0.05, 0.1) is 11.1 Å². The summed E-state index contributed by atoms with van der Waals surface area (Å²) in [6.45, 7) is 0.377. The van der Waals surface area contributed by atoms with Gasteiger partial charge in [-0.25, -0.2) is 4.39 Å². The van der Waals surface area contributed by atoms with E-state index in [9.17, 15) is 4.39 Å². The van der Waals surface area contributed by atoms with Crippen molar-refractivity contribution in [3.63, 3.8) is 0 Å². The number of benzene rings is 1. The molecule has 0 aromatic heterocycles. The van der Waals surface area contributed by atoms with Gasteiger partial charge < -0.3 is 4.18 Å². The lowest BCUT2D eigenvalue weighted by atomic mass is 10.2. The molecule has 0 unspecified atom stereocenters. The average Bonchev–Trinajstić information content (AvgIpc) is 1.98. The molecule has 0 bridgehead atoms. The molecule has 0 aliphatic carbocycles. The van der Waals surface area contributed by atoms with Gasteiger partial charge in [0.25, 0.3) is 0 Å². The van der Waals surface area contributed by atoms with Gasteiger partial charge in [-0.2, -0.15) is 0 Å². The summed E-state index contributed by atoms with van der Waals surface area (Å²) in [6.07, 6.45) is 0. The molecule has 4 heteroatoms. The van der Waals surface area contributed by atoms with Crippen molar-refractivity contribution in [1.82, 2.24) is 0 Å². The van der Waals surface area contributed by atoms with Crippen LogP contribution in [0.5, 0.6) is 0 Å². The lowest BCUT2D eigenvalue weighted by molar-refractivity contribution is 0.371. The minimum atomic E-state index is -0.270. The highest BCUT2D eigenvalue weighted by molar-refractivity contribution is 9.10. The van der Waals surface area contributed by atoms with Crippen molar-refractivity contribution in [2.45, 2.75) is 6.61 Å². The van der Waals surface area contributed by atoms with E-state index in [0.717, 1.165) is 5.56 Å². The highest BCUT2D eigenvalue weighted by atomic mass is 79.9. The first-order chi connectivity index (χ1) is 5.24. The Morgan fingerprint density at radius 3 is 2.82 bits per heavy atom. The quantitative estimate of drug-likeness (QED) is 0.614. The maximum Gasteiger partial charge on any atom is 0.137 e. The minimum absolute atomic E-state index is 0.270. The highest BCUT2D eigenvalue weighted by Crippen LogP contribution is 2.17. The first-order valence-electron chi connectivity index (χ1n) is 2.94. The van der Waals surface area contributed by atoms with Crippen LogP contribution >= 0.6 is 28.8 Å². The average molecular weight is 237 g/mol. The Balaban J connectivity index is 2.86. The molecule has 0 fully saturated rings. The van der Waals surface area contributed by atoms with E-state index >= 15 is 0 Å². The van der Waals surface area contributed by atoms with Crippen molar-refractivity contribution < 1.29 is 8.57 Å². The Morgan fingerprint density at radius 2 is 2.27 bits per heavy atom. The van der Waals surface area contributed by atoms with Crippen molar-refractivity contribution in [3.05, 3.63) is 34.1 Å².